The average Bonchev–Trinajstić information content (AvgIpc) is 2.91. The predicted octanol–water partition coefficient (Wildman–Crippen LogP) is 1.68. The van der Waals surface area contributed by atoms with Crippen LogP contribution < -0.4 is 4.74 Å². The third-order valence-corrected chi connectivity index (χ3v) is 6.67. The molecule has 0 radical (unpaired) electrons. The summed E-state index contributed by atoms with van der Waals surface area (Å²) in [6, 6.07) is 5.58. The molecule has 2 aliphatic heterocycles. The normalized spacial score (nSPS) is 23.8. The highest BCUT2D eigenvalue weighted by Gasteiger charge is 2.55. The summed E-state index contributed by atoms with van der Waals surface area (Å²) in [5.41, 5.74) is -0.297. The smallest absolute Gasteiger partial charge is 0.214 e. The zero-order chi connectivity index (χ0) is 16.3. The van der Waals surface area contributed by atoms with Crippen LogP contribution in [0.2, 0.25) is 0 Å². The van der Waals surface area contributed by atoms with Crippen molar-refractivity contribution in [2.24, 2.45) is 5.92 Å². The van der Waals surface area contributed by atoms with Gasteiger partial charge in [-0.3, -0.25) is 0 Å². The first-order valence-corrected chi connectivity index (χ1v) is 9.82. The molecular weight excluding hydrogens is 316 g/mol. The summed E-state index contributed by atoms with van der Waals surface area (Å²) in [5, 5.41) is 0. The second-order valence-corrected chi connectivity index (χ2v) is 8.38. The zero-order valence-electron chi connectivity index (χ0n) is 13.5. The highest BCUT2D eigenvalue weighted by molar-refractivity contribution is 7.89. The van der Waals surface area contributed by atoms with E-state index in [-0.39, 0.29) is 11.4 Å². The summed E-state index contributed by atoms with van der Waals surface area (Å²) in [7, 11) is -3.11. The Labute approximate surface area is 137 Å². The van der Waals surface area contributed by atoms with Crippen LogP contribution in [0.5, 0.6) is 5.88 Å². The predicted molar refractivity (Wildman–Crippen MR) is 86.8 cm³/mol. The van der Waals surface area contributed by atoms with Gasteiger partial charge >= 0.3 is 0 Å². The Morgan fingerprint density at radius 3 is 2.96 bits per heavy atom. The Hall–Kier alpha value is -1.18. The quantitative estimate of drug-likeness (QED) is 0.755. The molecule has 1 aromatic rings. The van der Waals surface area contributed by atoms with Gasteiger partial charge in [0.1, 0.15) is 0 Å². The topological polar surface area (TPSA) is 68.7 Å². The second kappa shape index (κ2) is 6.75. The van der Waals surface area contributed by atoms with E-state index in [1.807, 2.05) is 25.1 Å². The van der Waals surface area contributed by atoms with Crippen molar-refractivity contribution in [2.75, 3.05) is 32.1 Å². The Morgan fingerprint density at radius 2 is 2.26 bits per heavy atom. The van der Waals surface area contributed by atoms with Gasteiger partial charge in [0.05, 0.1) is 18.0 Å². The standard InChI is InChI=1S/C16H24N2O4S/c1-2-11-23(19,20)18-12-16(13-18)14(7-10-22-16)6-9-21-15-5-3-4-8-17-15/h3-5,8,14H,2,6-7,9-13H2,1H3. The fourth-order valence-electron chi connectivity index (χ4n) is 3.41. The third kappa shape index (κ3) is 3.51. The van der Waals surface area contributed by atoms with E-state index >= 15 is 0 Å². The van der Waals surface area contributed by atoms with Gasteiger partial charge in [0.15, 0.2) is 0 Å². The lowest BCUT2D eigenvalue weighted by Crippen LogP contribution is -2.66. The van der Waals surface area contributed by atoms with E-state index < -0.39 is 10.0 Å². The van der Waals surface area contributed by atoms with Crippen molar-refractivity contribution in [1.82, 2.24) is 9.29 Å². The van der Waals surface area contributed by atoms with Crippen molar-refractivity contribution < 1.29 is 17.9 Å². The zero-order valence-corrected chi connectivity index (χ0v) is 14.3. The molecule has 0 bridgehead atoms. The molecule has 0 amide bonds. The van der Waals surface area contributed by atoms with Crippen molar-refractivity contribution in [3.8, 4) is 5.88 Å². The molecule has 0 N–H and O–H groups in total. The Balaban J connectivity index is 1.51. The SMILES string of the molecule is CCCS(=O)(=O)N1CC2(C1)OCCC2CCOc1ccccn1. The van der Waals surface area contributed by atoms with Gasteiger partial charge in [0.2, 0.25) is 15.9 Å². The number of rotatable bonds is 7. The molecule has 7 heteroatoms. The number of pyridine rings is 1. The van der Waals surface area contributed by atoms with Crippen molar-refractivity contribution in [3.63, 3.8) is 0 Å². The van der Waals surface area contributed by atoms with Crippen LogP contribution in [-0.4, -0.2) is 55.4 Å². The van der Waals surface area contributed by atoms with Gasteiger partial charge in [0, 0.05) is 32.0 Å². The highest BCUT2D eigenvalue weighted by Crippen LogP contribution is 2.42. The van der Waals surface area contributed by atoms with E-state index in [2.05, 4.69) is 4.98 Å². The number of hydrogen-bond acceptors (Lipinski definition) is 5. The molecular formula is C16H24N2O4S. The van der Waals surface area contributed by atoms with Crippen LogP contribution in [0.15, 0.2) is 24.4 Å². The maximum absolute atomic E-state index is 12.1. The number of aromatic nitrogens is 1. The third-order valence-electron chi connectivity index (χ3n) is 4.70. The van der Waals surface area contributed by atoms with Crippen molar-refractivity contribution in [2.45, 2.75) is 31.8 Å². The van der Waals surface area contributed by atoms with E-state index in [1.54, 1.807) is 10.5 Å². The molecule has 1 spiro atoms. The molecule has 6 nitrogen and oxygen atoms in total. The number of nitrogens with zero attached hydrogens (tertiary/aromatic N) is 2. The molecule has 3 heterocycles. The number of sulfonamides is 1. The molecule has 0 aromatic carbocycles. The minimum Gasteiger partial charge on any atom is -0.478 e. The highest BCUT2D eigenvalue weighted by atomic mass is 32.2. The van der Waals surface area contributed by atoms with E-state index in [4.69, 9.17) is 9.47 Å². The van der Waals surface area contributed by atoms with E-state index in [1.165, 1.54) is 0 Å². The Bertz CT molecular complexity index is 614. The van der Waals surface area contributed by atoms with E-state index in [9.17, 15) is 8.42 Å². The maximum atomic E-state index is 12.1. The molecule has 1 atom stereocenters. The Morgan fingerprint density at radius 1 is 1.43 bits per heavy atom. The van der Waals surface area contributed by atoms with Gasteiger partial charge in [-0.1, -0.05) is 13.0 Å². The van der Waals surface area contributed by atoms with Crippen molar-refractivity contribution in [1.29, 1.82) is 0 Å². The van der Waals surface area contributed by atoms with Crippen LogP contribution in [0.4, 0.5) is 0 Å². The first-order chi connectivity index (χ1) is 11.1. The van der Waals surface area contributed by atoms with Crippen LogP contribution >= 0.6 is 0 Å². The first-order valence-electron chi connectivity index (χ1n) is 8.21. The minimum atomic E-state index is -3.11. The summed E-state index contributed by atoms with van der Waals surface area (Å²) >= 11 is 0. The summed E-state index contributed by atoms with van der Waals surface area (Å²) in [6.07, 6.45) is 4.18. The average molecular weight is 340 g/mol. The summed E-state index contributed by atoms with van der Waals surface area (Å²) in [5.74, 6) is 1.19. The van der Waals surface area contributed by atoms with Gasteiger partial charge in [-0.25, -0.2) is 13.4 Å². The number of hydrogen-bond donors (Lipinski definition) is 0. The molecule has 128 valence electrons. The lowest BCUT2D eigenvalue weighted by Gasteiger charge is -2.49. The lowest BCUT2D eigenvalue weighted by atomic mass is 9.80. The van der Waals surface area contributed by atoms with Gasteiger partial charge in [0.25, 0.3) is 0 Å². The summed E-state index contributed by atoms with van der Waals surface area (Å²) in [4.78, 5) is 4.14. The summed E-state index contributed by atoms with van der Waals surface area (Å²) < 4.78 is 37.3. The fraction of sp³-hybridized carbons (Fsp3) is 0.688. The lowest BCUT2D eigenvalue weighted by molar-refractivity contribution is -0.104. The Kier molecular flexibility index (Phi) is 4.89. The number of ether oxygens (including phenoxy) is 2. The first kappa shape index (κ1) is 16.7. The van der Waals surface area contributed by atoms with E-state index in [0.717, 1.165) is 12.8 Å². The van der Waals surface area contributed by atoms with Gasteiger partial charge < -0.3 is 9.47 Å². The minimum absolute atomic E-state index is 0.219. The van der Waals surface area contributed by atoms with Crippen LogP contribution in [0, 0.1) is 5.92 Å². The molecule has 0 aliphatic carbocycles. The molecule has 3 rings (SSSR count). The molecule has 1 unspecified atom stereocenters. The monoisotopic (exact) mass is 340 g/mol. The van der Waals surface area contributed by atoms with E-state index in [0.29, 0.717) is 44.5 Å². The van der Waals surface area contributed by atoms with Crippen LogP contribution in [0.3, 0.4) is 0 Å². The molecule has 2 aliphatic rings. The fourth-order valence-corrected chi connectivity index (χ4v) is 5.02. The van der Waals surface area contributed by atoms with Crippen LogP contribution in [0.1, 0.15) is 26.2 Å². The molecule has 2 saturated heterocycles. The van der Waals surface area contributed by atoms with Crippen molar-refractivity contribution >= 4 is 10.0 Å². The summed E-state index contributed by atoms with van der Waals surface area (Å²) in [6.45, 7) is 4.15. The largest absolute Gasteiger partial charge is 0.478 e. The molecule has 2 fully saturated rings. The molecule has 23 heavy (non-hydrogen) atoms. The van der Waals surface area contributed by atoms with Gasteiger partial charge in [-0.2, -0.15) is 4.31 Å². The second-order valence-electron chi connectivity index (χ2n) is 6.29. The van der Waals surface area contributed by atoms with Crippen LogP contribution in [-0.2, 0) is 14.8 Å². The molecule has 1 aromatic heterocycles. The van der Waals surface area contributed by atoms with Crippen molar-refractivity contribution in [3.05, 3.63) is 24.4 Å². The molecule has 0 saturated carbocycles. The van der Waals surface area contributed by atoms with Gasteiger partial charge in [-0.05, 0) is 31.2 Å². The van der Waals surface area contributed by atoms with Crippen LogP contribution in [0.25, 0.3) is 0 Å². The maximum Gasteiger partial charge on any atom is 0.214 e. The van der Waals surface area contributed by atoms with Gasteiger partial charge in [-0.15, -0.1) is 0 Å².